The van der Waals surface area contributed by atoms with Crippen molar-refractivity contribution in [2.75, 3.05) is 7.11 Å². The quantitative estimate of drug-likeness (QED) is 0.0313. The van der Waals surface area contributed by atoms with Gasteiger partial charge in [0, 0.05) is 13.0 Å². The number of amides is 1. The summed E-state index contributed by atoms with van der Waals surface area (Å²) >= 11 is 0. The van der Waals surface area contributed by atoms with Gasteiger partial charge in [-0.1, -0.05) is 169 Å². The Kier molecular flexibility index (Phi) is 37.6. The van der Waals surface area contributed by atoms with Gasteiger partial charge < -0.3 is 35.9 Å². The monoisotopic (exact) mass is 993 g/mol. The van der Waals surface area contributed by atoms with E-state index in [0.29, 0.717) is 18.9 Å². The normalized spacial score (nSPS) is 11.7. The highest BCUT2D eigenvalue weighted by Crippen LogP contribution is 2.25. The third-order valence-corrected chi connectivity index (χ3v) is 10.2. The second-order valence-corrected chi connectivity index (χ2v) is 16.9. The molecule has 1 amide bonds. The summed E-state index contributed by atoms with van der Waals surface area (Å²) < 4.78 is 15.5. The first-order valence-corrected chi connectivity index (χ1v) is 22.4. The summed E-state index contributed by atoms with van der Waals surface area (Å²) in [7, 11) is 1.00. The summed E-state index contributed by atoms with van der Waals surface area (Å²) in [6, 6.07) is 28.3. The predicted octanol–water partition coefficient (Wildman–Crippen LogP) is 9.01. The van der Waals surface area contributed by atoms with Crippen LogP contribution in [-0.4, -0.2) is 77.5 Å². The Morgan fingerprint density at radius 3 is 1.14 bits per heavy atom. The number of benzene rings is 3. The van der Waals surface area contributed by atoms with Crippen molar-refractivity contribution in [3.05, 3.63) is 132 Å². The molecule has 0 radical (unpaired) electrons. The van der Waals surface area contributed by atoms with Crippen molar-refractivity contribution < 1.29 is 48.4 Å². The number of nitrogens with two attached hydrogens (primary N) is 2. The molecule has 0 bridgehead atoms. The zero-order valence-electron chi connectivity index (χ0n) is 40.8. The molecule has 3 aromatic carbocycles. The lowest BCUT2D eigenvalue weighted by molar-refractivity contribution is -0.153. The molecule has 0 saturated heterocycles. The van der Waals surface area contributed by atoms with E-state index in [0.717, 1.165) is 35.4 Å². The molecule has 2 heterocycles. The number of ether oxygens (including phenoxy) is 3. The van der Waals surface area contributed by atoms with E-state index in [-0.39, 0.29) is 84.0 Å². The van der Waals surface area contributed by atoms with Crippen LogP contribution in [0.2, 0.25) is 0 Å². The number of aromatic amines is 2. The molecule has 5 aromatic rings. The summed E-state index contributed by atoms with van der Waals surface area (Å²) in [5, 5.41) is 29.1. The highest BCUT2D eigenvalue weighted by atomic mass is 16.5. The van der Waals surface area contributed by atoms with Gasteiger partial charge in [0.2, 0.25) is 5.91 Å². The number of primary amides is 1. The number of aliphatic carboxylic acids is 1. The highest BCUT2D eigenvalue weighted by Gasteiger charge is 2.26. The van der Waals surface area contributed by atoms with E-state index < -0.39 is 35.7 Å². The van der Waals surface area contributed by atoms with E-state index in [1.54, 1.807) is 13.8 Å². The summed E-state index contributed by atoms with van der Waals surface area (Å²) in [6.45, 7) is 16.2. The van der Waals surface area contributed by atoms with E-state index in [2.05, 4.69) is 44.2 Å². The van der Waals surface area contributed by atoms with Gasteiger partial charge in [-0.2, -0.15) is 10.2 Å². The molecule has 71 heavy (non-hydrogen) atoms. The van der Waals surface area contributed by atoms with Crippen molar-refractivity contribution in [2.45, 2.75) is 129 Å². The third kappa shape index (κ3) is 29.1. The maximum absolute atomic E-state index is 11.9. The molecule has 8 N–H and O–H groups in total. The number of aromatic nitrogens is 6. The first-order valence-electron chi connectivity index (χ1n) is 22.4. The van der Waals surface area contributed by atoms with Crippen molar-refractivity contribution in [3.63, 3.8) is 0 Å². The molecule has 0 aliphatic carbocycles. The lowest BCUT2D eigenvalue weighted by Crippen LogP contribution is -2.30. The molecule has 396 valence electrons. The first kappa shape index (κ1) is 68.5. The fraction of sp³-hybridized carbons (Fsp3) is 0.491. The molecule has 0 fully saturated rings. The molecular weight excluding hydrogens is 909 g/mol. The largest absolute Gasteiger partial charge is 0.481 e. The minimum atomic E-state index is -0.957. The molecule has 2 aromatic heterocycles. The first-order chi connectivity index (χ1) is 32.4. The SMILES string of the molecule is C.C.C.CC(C)[C@H](CC(=O)OCc1ccccc1)C(=O)O.CC(C)[C@H](CC(=O)OCc1ccccc1)C(N)=O.CC(C)[C@H](CC(=O)OCc1ccccc1)c1ncn[nH]1.CC(C)[C@H](N)c1ncn[nH]1.CO. The highest BCUT2D eigenvalue weighted by molar-refractivity contribution is 5.82. The predicted molar refractivity (Wildman–Crippen MR) is 276 cm³/mol. The number of carbonyl (C=O) groups is 5. The molecule has 5 rings (SSSR count). The van der Waals surface area contributed by atoms with Gasteiger partial charge in [-0.15, -0.1) is 0 Å². The number of aliphatic hydroxyl groups excluding tert-OH is 1. The molecule has 0 spiro atoms. The fourth-order valence-corrected chi connectivity index (χ4v) is 5.94. The standard InChI is InChI=1S/C15H19N3O2.C14H19NO3.C14H18O4.C6H12N4.CH4O.3CH4/c1-11(2)13(15-16-10-17-18-15)8-14(19)20-9-12-6-4-3-5-7-12;1-10(2)12(14(15)17)8-13(16)18-9-11-6-4-3-5-7-11;1-10(2)12(14(16)17)8-13(15)18-9-11-6-4-3-5-7-11;1-4(2)5(7)6-8-3-9-10-6;1-2;;;/h3-7,10-11,13H,8-9H2,1-2H3,(H,16,17,18);3-7,10,12H,8-9H2,1-2H3,(H2,15,17);3-7,10,12H,8-9H2,1-2H3,(H,16,17);3-5H,7H2,1-2H3,(H,8,9,10);2H,1H3;3*1H4/t13-;2*12-;5-;;;;/m0000..../s1. The maximum atomic E-state index is 11.9. The van der Waals surface area contributed by atoms with E-state index in [9.17, 15) is 24.0 Å². The fourth-order valence-electron chi connectivity index (χ4n) is 5.94. The number of aliphatic hydroxyl groups is 1. The van der Waals surface area contributed by atoms with E-state index in [4.69, 9.17) is 35.9 Å². The van der Waals surface area contributed by atoms with Crippen molar-refractivity contribution in [1.82, 2.24) is 30.4 Å². The molecule has 18 nitrogen and oxygen atoms in total. The van der Waals surface area contributed by atoms with Gasteiger partial charge in [0.05, 0.1) is 37.1 Å². The Hall–Kier alpha value is -6.79. The van der Waals surface area contributed by atoms with E-state index in [1.165, 1.54) is 12.7 Å². The van der Waals surface area contributed by atoms with Crippen LogP contribution in [0.5, 0.6) is 0 Å². The number of carboxylic acids is 1. The summed E-state index contributed by atoms with van der Waals surface area (Å²) in [4.78, 5) is 65.3. The summed E-state index contributed by atoms with van der Waals surface area (Å²) in [5.74, 6) is -1.53. The van der Waals surface area contributed by atoms with E-state index in [1.807, 2.05) is 119 Å². The molecule has 0 aliphatic heterocycles. The number of esters is 3. The molecule has 18 heteroatoms. The van der Waals surface area contributed by atoms with Crippen LogP contribution >= 0.6 is 0 Å². The van der Waals surface area contributed by atoms with Crippen LogP contribution in [0, 0.1) is 35.5 Å². The average molecular weight is 993 g/mol. The molecule has 4 atom stereocenters. The lowest BCUT2D eigenvalue weighted by atomic mass is 9.92. The van der Waals surface area contributed by atoms with Crippen LogP contribution in [0.4, 0.5) is 0 Å². The number of nitrogens with one attached hydrogen (secondary N) is 2. The van der Waals surface area contributed by atoms with Crippen LogP contribution in [-0.2, 0) is 58.0 Å². The van der Waals surface area contributed by atoms with Gasteiger partial charge in [0.1, 0.15) is 44.1 Å². The molecule has 0 saturated carbocycles. The zero-order chi connectivity index (χ0) is 51.0. The zero-order valence-corrected chi connectivity index (χ0v) is 40.8. The Bertz CT molecular complexity index is 2030. The summed E-state index contributed by atoms with van der Waals surface area (Å²) in [6.07, 6.45) is 3.19. The Morgan fingerprint density at radius 2 is 0.859 bits per heavy atom. The van der Waals surface area contributed by atoms with Crippen LogP contribution in [0.15, 0.2) is 104 Å². The molecular formula is C53H84N8O10. The second kappa shape index (κ2) is 39.0. The van der Waals surface area contributed by atoms with Gasteiger partial charge in [-0.3, -0.25) is 34.2 Å². The number of hydrogen-bond donors (Lipinski definition) is 6. The Morgan fingerprint density at radius 1 is 0.521 bits per heavy atom. The Balaban J connectivity index is -0.000000863. The van der Waals surface area contributed by atoms with Gasteiger partial charge >= 0.3 is 23.9 Å². The van der Waals surface area contributed by atoms with Gasteiger partial charge in [-0.25, -0.2) is 9.97 Å². The van der Waals surface area contributed by atoms with Crippen LogP contribution < -0.4 is 11.5 Å². The van der Waals surface area contributed by atoms with Crippen molar-refractivity contribution in [3.8, 4) is 0 Å². The molecule has 0 aliphatic rings. The topological polar surface area (TPSA) is 289 Å². The van der Waals surface area contributed by atoms with Crippen LogP contribution in [0.1, 0.15) is 137 Å². The van der Waals surface area contributed by atoms with Crippen molar-refractivity contribution in [1.29, 1.82) is 0 Å². The van der Waals surface area contributed by atoms with Crippen molar-refractivity contribution >= 4 is 29.8 Å². The van der Waals surface area contributed by atoms with Gasteiger partial charge in [-0.05, 0) is 40.4 Å². The second-order valence-electron chi connectivity index (χ2n) is 16.9. The summed E-state index contributed by atoms with van der Waals surface area (Å²) in [5.41, 5.74) is 13.8. The number of hydrogen-bond acceptors (Lipinski definition) is 14. The van der Waals surface area contributed by atoms with Crippen LogP contribution in [0.3, 0.4) is 0 Å². The number of carbonyl (C=O) groups excluding carboxylic acids is 4. The lowest BCUT2D eigenvalue weighted by Gasteiger charge is -2.17. The van der Waals surface area contributed by atoms with Gasteiger partial charge in [0.25, 0.3) is 0 Å². The number of nitrogens with zero attached hydrogens (tertiary/aromatic N) is 4. The Labute approximate surface area is 422 Å². The van der Waals surface area contributed by atoms with Gasteiger partial charge in [0.15, 0.2) is 0 Å². The maximum Gasteiger partial charge on any atom is 0.307 e. The number of H-pyrrole nitrogens is 2. The van der Waals surface area contributed by atoms with Crippen molar-refractivity contribution in [2.24, 2.45) is 47.0 Å². The third-order valence-electron chi connectivity index (χ3n) is 10.2. The average Bonchev–Trinajstić information content (AvgIpc) is 4.08. The smallest absolute Gasteiger partial charge is 0.307 e. The van der Waals surface area contributed by atoms with E-state index >= 15 is 0 Å². The minimum Gasteiger partial charge on any atom is -0.481 e. The van der Waals surface area contributed by atoms with Crippen LogP contribution in [0.25, 0.3) is 0 Å². The molecule has 0 unspecified atom stereocenters. The number of carboxylic acid groups (broad SMARTS) is 1. The number of rotatable bonds is 20. The minimum absolute atomic E-state index is 0.